The second kappa shape index (κ2) is 8.25. The Morgan fingerprint density at radius 1 is 1.15 bits per heavy atom. The van der Waals surface area contributed by atoms with Crippen molar-refractivity contribution in [2.75, 3.05) is 6.54 Å². The first-order chi connectivity index (χ1) is 9.79. The van der Waals surface area contributed by atoms with Crippen molar-refractivity contribution in [3.8, 4) is 0 Å². The minimum Gasteiger partial charge on any atom is -0.468 e. The van der Waals surface area contributed by atoms with Crippen LogP contribution < -0.4 is 5.32 Å². The first-order valence-electron chi connectivity index (χ1n) is 6.87. The molecular weight excluding hydrogens is 318 g/mol. The van der Waals surface area contributed by atoms with Crippen LogP contribution in [0.3, 0.4) is 0 Å². The standard InChI is InChI=1S/C16H20BrNO2/c1-2-8-18-10-16-14(7-9-20-16)12-19-11-13-3-5-15(17)6-4-13/h3-7,9,18H,2,8,10-12H2,1H3. The molecule has 0 spiro atoms. The maximum Gasteiger partial charge on any atom is 0.123 e. The lowest BCUT2D eigenvalue weighted by Crippen LogP contribution is -2.14. The molecule has 1 aromatic carbocycles. The summed E-state index contributed by atoms with van der Waals surface area (Å²) in [5.41, 5.74) is 2.29. The van der Waals surface area contributed by atoms with Crippen molar-refractivity contribution in [2.45, 2.75) is 33.1 Å². The van der Waals surface area contributed by atoms with Crippen LogP contribution in [0.4, 0.5) is 0 Å². The van der Waals surface area contributed by atoms with Crippen molar-refractivity contribution in [2.24, 2.45) is 0 Å². The molecule has 0 aliphatic heterocycles. The summed E-state index contributed by atoms with van der Waals surface area (Å²) in [7, 11) is 0. The quantitative estimate of drug-likeness (QED) is 0.731. The van der Waals surface area contributed by atoms with Crippen LogP contribution in [0, 0.1) is 0 Å². The van der Waals surface area contributed by atoms with Gasteiger partial charge in [0.25, 0.3) is 0 Å². The normalized spacial score (nSPS) is 10.9. The summed E-state index contributed by atoms with van der Waals surface area (Å²) in [6.07, 6.45) is 2.84. The highest BCUT2D eigenvalue weighted by Gasteiger charge is 2.06. The number of benzene rings is 1. The third-order valence-electron chi connectivity index (χ3n) is 2.99. The van der Waals surface area contributed by atoms with Gasteiger partial charge in [-0.05, 0) is 36.7 Å². The molecule has 0 aliphatic rings. The zero-order valence-electron chi connectivity index (χ0n) is 11.7. The molecule has 1 heterocycles. The van der Waals surface area contributed by atoms with E-state index in [1.165, 1.54) is 5.56 Å². The van der Waals surface area contributed by atoms with E-state index in [0.717, 1.165) is 35.3 Å². The lowest BCUT2D eigenvalue weighted by molar-refractivity contribution is 0.106. The first kappa shape index (κ1) is 15.3. The molecule has 0 unspecified atom stereocenters. The van der Waals surface area contributed by atoms with Crippen molar-refractivity contribution in [1.82, 2.24) is 5.32 Å². The molecule has 0 saturated heterocycles. The number of rotatable bonds is 8. The fraction of sp³-hybridized carbons (Fsp3) is 0.375. The molecule has 20 heavy (non-hydrogen) atoms. The lowest BCUT2D eigenvalue weighted by Gasteiger charge is -2.06. The molecule has 4 heteroatoms. The molecule has 108 valence electrons. The average Bonchev–Trinajstić information content (AvgIpc) is 2.89. The van der Waals surface area contributed by atoms with Gasteiger partial charge in [-0.15, -0.1) is 0 Å². The Bertz CT molecular complexity index is 507. The number of hydrogen-bond acceptors (Lipinski definition) is 3. The van der Waals surface area contributed by atoms with Crippen LogP contribution in [-0.2, 0) is 24.5 Å². The summed E-state index contributed by atoms with van der Waals surface area (Å²) in [5, 5.41) is 3.34. The van der Waals surface area contributed by atoms with E-state index in [9.17, 15) is 0 Å². The van der Waals surface area contributed by atoms with E-state index in [0.29, 0.717) is 13.2 Å². The van der Waals surface area contributed by atoms with Crippen LogP contribution in [0.2, 0.25) is 0 Å². The van der Waals surface area contributed by atoms with E-state index in [1.807, 2.05) is 18.2 Å². The summed E-state index contributed by atoms with van der Waals surface area (Å²) in [5.74, 6) is 0.967. The van der Waals surface area contributed by atoms with Gasteiger partial charge in [-0.3, -0.25) is 0 Å². The van der Waals surface area contributed by atoms with Gasteiger partial charge in [0.15, 0.2) is 0 Å². The number of nitrogens with one attached hydrogen (secondary N) is 1. The van der Waals surface area contributed by atoms with Gasteiger partial charge in [-0.1, -0.05) is 35.0 Å². The Balaban J connectivity index is 1.79. The third kappa shape index (κ3) is 4.78. The second-order valence-corrected chi connectivity index (χ2v) is 5.58. The van der Waals surface area contributed by atoms with Gasteiger partial charge >= 0.3 is 0 Å². The van der Waals surface area contributed by atoms with Crippen molar-refractivity contribution >= 4 is 15.9 Å². The molecule has 0 fully saturated rings. The summed E-state index contributed by atoms with van der Waals surface area (Å²) >= 11 is 3.42. The largest absolute Gasteiger partial charge is 0.468 e. The van der Waals surface area contributed by atoms with E-state index in [-0.39, 0.29) is 0 Å². The smallest absolute Gasteiger partial charge is 0.123 e. The minimum atomic E-state index is 0.579. The number of hydrogen-bond donors (Lipinski definition) is 1. The molecule has 0 aliphatic carbocycles. The Morgan fingerprint density at radius 3 is 2.70 bits per heavy atom. The van der Waals surface area contributed by atoms with E-state index < -0.39 is 0 Å². The zero-order valence-corrected chi connectivity index (χ0v) is 13.3. The van der Waals surface area contributed by atoms with Crippen LogP contribution >= 0.6 is 15.9 Å². The van der Waals surface area contributed by atoms with Gasteiger partial charge in [0, 0.05) is 10.0 Å². The molecule has 3 nitrogen and oxygen atoms in total. The van der Waals surface area contributed by atoms with Crippen molar-refractivity contribution in [3.63, 3.8) is 0 Å². The zero-order chi connectivity index (χ0) is 14.2. The van der Waals surface area contributed by atoms with Crippen molar-refractivity contribution in [3.05, 3.63) is 58.0 Å². The van der Waals surface area contributed by atoms with Gasteiger partial charge in [-0.25, -0.2) is 0 Å². The highest BCUT2D eigenvalue weighted by Crippen LogP contribution is 2.14. The molecule has 0 atom stereocenters. The van der Waals surface area contributed by atoms with Gasteiger partial charge in [0.2, 0.25) is 0 Å². The van der Waals surface area contributed by atoms with E-state index >= 15 is 0 Å². The van der Waals surface area contributed by atoms with Crippen molar-refractivity contribution in [1.29, 1.82) is 0 Å². The van der Waals surface area contributed by atoms with Gasteiger partial charge < -0.3 is 14.5 Å². The highest BCUT2D eigenvalue weighted by molar-refractivity contribution is 9.10. The first-order valence-corrected chi connectivity index (χ1v) is 7.67. The maximum atomic E-state index is 5.75. The molecule has 1 N–H and O–H groups in total. The maximum absolute atomic E-state index is 5.75. The molecule has 2 aromatic rings. The number of ether oxygens (including phenoxy) is 1. The van der Waals surface area contributed by atoms with Gasteiger partial charge in [0.1, 0.15) is 5.76 Å². The summed E-state index contributed by atoms with van der Waals surface area (Å²) in [4.78, 5) is 0. The molecule has 2 rings (SSSR count). The van der Waals surface area contributed by atoms with Gasteiger partial charge in [0.05, 0.1) is 26.0 Å². The molecule has 1 aromatic heterocycles. The second-order valence-electron chi connectivity index (χ2n) is 4.67. The average molecular weight is 338 g/mol. The molecule has 0 bridgehead atoms. The predicted molar refractivity (Wildman–Crippen MR) is 83.3 cm³/mol. The lowest BCUT2D eigenvalue weighted by atomic mass is 10.2. The number of furan rings is 1. The third-order valence-corrected chi connectivity index (χ3v) is 3.52. The fourth-order valence-electron chi connectivity index (χ4n) is 1.89. The fourth-order valence-corrected chi connectivity index (χ4v) is 2.15. The Hall–Kier alpha value is -1.10. The number of halogens is 1. The highest BCUT2D eigenvalue weighted by atomic mass is 79.9. The summed E-state index contributed by atoms with van der Waals surface area (Å²) < 4.78 is 12.3. The molecule has 0 saturated carbocycles. The van der Waals surface area contributed by atoms with Crippen LogP contribution in [-0.4, -0.2) is 6.54 Å². The Kier molecular flexibility index (Phi) is 6.30. The minimum absolute atomic E-state index is 0.579. The van der Waals surface area contributed by atoms with Crippen LogP contribution in [0.1, 0.15) is 30.2 Å². The van der Waals surface area contributed by atoms with Crippen molar-refractivity contribution < 1.29 is 9.15 Å². The van der Waals surface area contributed by atoms with E-state index in [4.69, 9.17) is 9.15 Å². The molecule has 0 amide bonds. The van der Waals surface area contributed by atoms with Gasteiger partial charge in [-0.2, -0.15) is 0 Å². The monoisotopic (exact) mass is 337 g/mol. The summed E-state index contributed by atoms with van der Waals surface area (Å²) in [6.45, 7) is 5.10. The topological polar surface area (TPSA) is 34.4 Å². The van der Waals surface area contributed by atoms with Crippen LogP contribution in [0.15, 0.2) is 45.5 Å². The van der Waals surface area contributed by atoms with E-state index in [2.05, 4.69) is 40.3 Å². The molecular formula is C16H20BrNO2. The van der Waals surface area contributed by atoms with E-state index in [1.54, 1.807) is 6.26 Å². The van der Waals surface area contributed by atoms with Crippen LogP contribution in [0.5, 0.6) is 0 Å². The summed E-state index contributed by atoms with van der Waals surface area (Å²) in [6, 6.07) is 10.1. The Morgan fingerprint density at radius 2 is 1.95 bits per heavy atom. The van der Waals surface area contributed by atoms with Crippen LogP contribution in [0.25, 0.3) is 0 Å². The molecule has 0 radical (unpaired) electrons. The predicted octanol–water partition coefficient (Wildman–Crippen LogP) is 4.26. The SMILES string of the molecule is CCCNCc1occc1COCc1ccc(Br)cc1. The Labute approximate surface area is 128 Å².